The van der Waals surface area contributed by atoms with Gasteiger partial charge in [-0.1, -0.05) is 30.3 Å². The topological polar surface area (TPSA) is 68.2 Å². The van der Waals surface area contributed by atoms with E-state index in [4.69, 9.17) is 5.73 Å². The van der Waals surface area contributed by atoms with Crippen LogP contribution >= 0.6 is 24.0 Å². The molecule has 0 aliphatic carbocycles. The predicted molar refractivity (Wildman–Crippen MR) is 123 cm³/mol. The number of aromatic nitrogens is 2. The van der Waals surface area contributed by atoms with Gasteiger partial charge in [-0.25, -0.2) is 9.98 Å². The number of anilines is 1. The Morgan fingerprint density at radius 3 is 2.44 bits per heavy atom. The van der Waals surface area contributed by atoms with E-state index >= 15 is 0 Å². The lowest BCUT2D eigenvalue weighted by Gasteiger charge is -2.09. The van der Waals surface area contributed by atoms with Crippen molar-refractivity contribution in [1.82, 2.24) is 9.55 Å². The smallest absolute Gasteiger partial charge is 0.193 e. The molecule has 5 nitrogen and oxygen atoms in total. The third-order valence-electron chi connectivity index (χ3n) is 4.19. The van der Waals surface area contributed by atoms with Crippen LogP contribution in [0.2, 0.25) is 0 Å². The zero-order valence-corrected chi connectivity index (χ0v) is 18.3. The van der Waals surface area contributed by atoms with Gasteiger partial charge in [-0.15, -0.1) is 24.0 Å². The zero-order valence-electron chi connectivity index (χ0n) is 15.9. The van der Waals surface area contributed by atoms with Gasteiger partial charge in [0.15, 0.2) is 5.96 Å². The molecule has 0 radical (unpaired) electrons. The van der Waals surface area contributed by atoms with Crippen LogP contribution in [0.15, 0.2) is 59.9 Å². The number of rotatable bonds is 5. The number of hydrogen-bond donors (Lipinski definition) is 2. The number of benzene rings is 2. The summed E-state index contributed by atoms with van der Waals surface area (Å²) in [5.41, 5.74) is 11.8. The van der Waals surface area contributed by atoms with Crippen molar-refractivity contribution in [2.45, 2.75) is 33.9 Å². The fourth-order valence-corrected chi connectivity index (χ4v) is 3.00. The Bertz CT molecular complexity index is 910. The lowest BCUT2D eigenvalue weighted by molar-refractivity contribution is 0.760. The Balaban J connectivity index is 0.00000261. The lowest BCUT2D eigenvalue weighted by atomic mass is 10.1. The number of nitrogens with zero attached hydrogens (tertiary/aromatic N) is 3. The van der Waals surface area contributed by atoms with Gasteiger partial charge in [-0.3, -0.25) is 0 Å². The van der Waals surface area contributed by atoms with Gasteiger partial charge in [0.1, 0.15) is 5.82 Å². The summed E-state index contributed by atoms with van der Waals surface area (Å²) in [4.78, 5) is 8.73. The van der Waals surface area contributed by atoms with Gasteiger partial charge < -0.3 is 15.6 Å². The Hall–Kier alpha value is -2.35. The summed E-state index contributed by atoms with van der Waals surface area (Å²) >= 11 is 0. The highest BCUT2D eigenvalue weighted by atomic mass is 127. The van der Waals surface area contributed by atoms with Crippen molar-refractivity contribution < 1.29 is 0 Å². The largest absolute Gasteiger partial charge is 0.370 e. The third-order valence-corrected chi connectivity index (χ3v) is 4.19. The number of imidazole rings is 1. The van der Waals surface area contributed by atoms with E-state index in [0.29, 0.717) is 12.5 Å². The van der Waals surface area contributed by atoms with Crippen LogP contribution in [0.3, 0.4) is 0 Å². The van der Waals surface area contributed by atoms with Crippen LogP contribution in [0.1, 0.15) is 28.1 Å². The maximum absolute atomic E-state index is 6.05. The fraction of sp³-hybridized carbons (Fsp3) is 0.238. The Morgan fingerprint density at radius 2 is 1.78 bits per heavy atom. The molecule has 3 aromatic rings. The number of nitrogens with two attached hydrogens (primary N) is 1. The van der Waals surface area contributed by atoms with Crippen molar-refractivity contribution in [1.29, 1.82) is 0 Å². The molecule has 3 rings (SSSR count). The average molecular weight is 475 g/mol. The maximum atomic E-state index is 6.05. The van der Waals surface area contributed by atoms with Crippen LogP contribution in [-0.4, -0.2) is 15.5 Å². The van der Waals surface area contributed by atoms with Crippen LogP contribution in [0.5, 0.6) is 0 Å². The summed E-state index contributed by atoms with van der Waals surface area (Å²) in [5.74, 6) is 1.43. The first-order valence-corrected chi connectivity index (χ1v) is 8.70. The van der Waals surface area contributed by atoms with Crippen molar-refractivity contribution in [3.05, 3.63) is 82.9 Å². The first-order chi connectivity index (χ1) is 12.5. The number of nitrogens with one attached hydrogen (secondary N) is 1. The summed E-state index contributed by atoms with van der Waals surface area (Å²) in [6, 6.07) is 14.6. The van der Waals surface area contributed by atoms with E-state index in [1.165, 1.54) is 16.7 Å². The van der Waals surface area contributed by atoms with Gasteiger partial charge in [0, 0.05) is 24.6 Å². The van der Waals surface area contributed by atoms with Gasteiger partial charge in [0.2, 0.25) is 0 Å². The van der Waals surface area contributed by atoms with Crippen molar-refractivity contribution in [2.24, 2.45) is 10.7 Å². The molecule has 0 aliphatic heterocycles. The summed E-state index contributed by atoms with van der Waals surface area (Å²) < 4.78 is 2.12. The van der Waals surface area contributed by atoms with E-state index in [9.17, 15) is 0 Å². The van der Waals surface area contributed by atoms with E-state index in [-0.39, 0.29) is 24.0 Å². The summed E-state index contributed by atoms with van der Waals surface area (Å²) in [5, 5.41) is 3.17. The Labute approximate surface area is 177 Å². The van der Waals surface area contributed by atoms with Crippen molar-refractivity contribution >= 4 is 35.6 Å². The van der Waals surface area contributed by atoms with Crippen LogP contribution in [0.4, 0.5) is 5.69 Å². The molecular weight excluding hydrogens is 449 g/mol. The molecular formula is C21H26IN5. The standard InChI is InChI=1S/C21H25N5.HI/c1-15-9-16(2)11-20(10-15)25-21(22)24-13-18-5-4-6-19(12-18)14-26-8-7-23-17(26)3;/h4-12H,13-14H2,1-3H3,(H3,22,24,25);1H. The molecule has 0 saturated carbocycles. The molecule has 0 fully saturated rings. The summed E-state index contributed by atoms with van der Waals surface area (Å²) in [7, 11) is 0. The first kappa shape index (κ1) is 21.0. The van der Waals surface area contributed by atoms with E-state index in [2.05, 4.69) is 76.2 Å². The third kappa shape index (κ3) is 6.09. The highest BCUT2D eigenvalue weighted by Crippen LogP contribution is 2.14. The molecule has 0 unspecified atom stereocenters. The molecule has 0 saturated heterocycles. The Kier molecular flexibility index (Phi) is 7.41. The van der Waals surface area contributed by atoms with Crippen LogP contribution in [0.25, 0.3) is 0 Å². The maximum Gasteiger partial charge on any atom is 0.193 e. The second kappa shape index (κ2) is 9.55. The number of guanidine groups is 1. The molecule has 0 amide bonds. The molecule has 27 heavy (non-hydrogen) atoms. The van der Waals surface area contributed by atoms with Gasteiger partial charge >= 0.3 is 0 Å². The number of aryl methyl sites for hydroxylation is 3. The van der Waals surface area contributed by atoms with Crippen molar-refractivity contribution in [3.63, 3.8) is 0 Å². The predicted octanol–water partition coefficient (Wildman–Crippen LogP) is 4.40. The van der Waals surface area contributed by atoms with Gasteiger partial charge in [0.25, 0.3) is 0 Å². The van der Waals surface area contributed by atoms with Crippen LogP contribution in [0, 0.1) is 20.8 Å². The average Bonchev–Trinajstić information content (AvgIpc) is 2.97. The van der Waals surface area contributed by atoms with Crippen LogP contribution in [-0.2, 0) is 13.1 Å². The summed E-state index contributed by atoms with van der Waals surface area (Å²) in [6.45, 7) is 7.49. The molecule has 0 atom stereocenters. The minimum absolute atomic E-state index is 0. The van der Waals surface area contributed by atoms with Crippen molar-refractivity contribution in [2.75, 3.05) is 5.32 Å². The molecule has 2 aromatic carbocycles. The second-order valence-electron chi connectivity index (χ2n) is 6.63. The lowest BCUT2D eigenvalue weighted by Crippen LogP contribution is -2.22. The number of aliphatic imine (C=N–C) groups is 1. The zero-order chi connectivity index (χ0) is 18.5. The highest BCUT2D eigenvalue weighted by molar-refractivity contribution is 14.0. The molecule has 0 spiro atoms. The summed E-state index contributed by atoms with van der Waals surface area (Å²) in [6.07, 6.45) is 3.81. The van der Waals surface area contributed by atoms with E-state index in [0.717, 1.165) is 23.6 Å². The van der Waals surface area contributed by atoms with Crippen molar-refractivity contribution in [3.8, 4) is 0 Å². The number of halogens is 1. The molecule has 1 aromatic heterocycles. The van der Waals surface area contributed by atoms with E-state index in [1.807, 2.05) is 19.3 Å². The minimum Gasteiger partial charge on any atom is -0.370 e. The first-order valence-electron chi connectivity index (χ1n) is 8.70. The fourth-order valence-electron chi connectivity index (χ4n) is 3.00. The van der Waals surface area contributed by atoms with Gasteiger partial charge in [0.05, 0.1) is 6.54 Å². The molecule has 0 aliphatic rings. The monoisotopic (exact) mass is 475 g/mol. The number of hydrogen-bond acceptors (Lipinski definition) is 2. The van der Waals surface area contributed by atoms with Gasteiger partial charge in [-0.05, 0) is 55.2 Å². The van der Waals surface area contributed by atoms with Crippen LogP contribution < -0.4 is 11.1 Å². The normalized spacial score (nSPS) is 11.1. The molecule has 3 N–H and O–H groups in total. The quantitative estimate of drug-likeness (QED) is 0.327. The van der Waals surface area contributed by atoms with E-state index in [1.54, 1.807) is 0 Å². The second-order valence-corrected chi connectivity index (χ2v) is 6.63. The molecule has 6 heteroatoms. The van der Waals surface area contributed by atoms with E-state index < -0.39 is 0 Å². The highest BCUT2D eigenvalue weighted by Gasteiger charge is 2.01. The molecule has 142 valence electrons. The minimum atomic E-state index is 0. The SMILES string of the molecule is Cc1cc(C)cc(NC(N)=NCc2cccc(Cn3ccnc3C)c2)c1.I. The Morgan fingerprint density at radius 1 is 1.07 bits per heavy atom. The molecule has 0 bridgehead atoms. The molecule has 1 heterocycles. The van der Waals surface area contributed by atoms with Gasteiger partial charge in [-0.2, -0.15) is 0 Å².